The summed E-state index contributed by atoms with van der Waals surface area (Å²) in [5, 5.41) is 5.87. The Balaban J connectivity index is 1.72. The highest BCUT2D eigenvalue weighted by atomic mass is 16.2. The quantitative estimate of drug-likeness (QED) is 0.767. The van der Waals surface area contributed by atoms with E-state index in [-0.39, 0.29) is 11.8 Å². The van der Waals surface area contributed by atoms with E-state index in [9.17, 15) is 9.59 Å². The molecule has 0 spiro atoms. The molecular formula is C19H29N3O2. The predicted octanol–water partition coefficient (Wildman–Crippen LogP) is 2.17. The van der Waals surface area contributed by atoms with Gasteiger partial charge in [0.2, 0.25) is 5.91 Å². The fourth-order valence-corrected chi connectivity index (χ4v) is 2.85. The van der Waals surface area contributed by atoms with Gasteiger partial charge in [0.05, 0.1) is 0 Å². The lowest BCUT2D eigenvalue weighted by molar-refractivity contribution is -0.121. The minimum atomic E-state index is -0.0374. The Labute approximate surface area is 144 Å². The van der Waals surface area contributed by atoms with Crippen molar-refractivity contribution in [1.29, 1.82) is 0 Å². The van der Waals surface area contributed by atoms with Gasteiger partial charge in [0.25, 0.3) is 5.91 Å². The molecule has 5 nitrogen and oxygen atoms in total. The van der Waals surface area contributed by atoms with Crippen LogP contribution in [-0.4, -0.2) is 42.9 Å². The molecule has 1 heterocycles. The van der Waals surface area contributed by atoms with Gasteiger partial charge in [-0.2, -0.15) is 0 Å². The van der Waals surface area contributed by atoms with Gasteiger partial charge < -0.3 is 15.5 Å². The van der Waals surface area contributed by atoms with Gasteiger partial charge >= 0.3 is 0 Å². The number of amides is 2. The van der Waals surface area contributed by atoms with Crippen LogP contribution in [-0.2, 0) is 11.3 Å². The molecule has 2 amide bonds. The average molecular weight is 331 g/mol. The molecule has 0 atom stereocenters. The number of nitrogens with zero attached hydrogens (tertiary/aromatic N) is 1. The zero-order chi connectivity index (χ0) is 17.4. The molecular weight excluding hydrogens is 302 g/mol. The lowest BCUT2D eigenvalue weighted by atomic mass is 10.1. The van der Waals surface area contributed by atoms with Gasteiger partial charge in [0.15, 0.2) is 0 Å². The molecule has 0 unspecified atom stereocenters. The van der Waals surface area contributed by atoms with Crippen LogP contribution in [0.4, 0.5) is 0 Å². The maximum absolute atomic E-state index is 12.1. The third-order valence-corrected chi connectivity index (χ3v) is 4.21. The first kappa shape index (κ1) is 18.5. The van der Waals surface area contributed by atoms with Crippen LogP contribution >= 0.6 is 0 Å². The largest absolute Gasteiger partial charge is 0.352 e. The number of benzene rings is 1. The first-order valence-electron chi connectivity index (χ1n) is 8.91. The van der Waals surface area contributed by atoms with Crippen molar-refractivity contribution in [2.24, 2.45) is 5.92 Å². The van der Waals surface area contributed by atoms with Crippen LogP contribution in [0.15, 0.2) is 24.3 Å². The van der Waals surface area contributed by atoms with Crippen molar-refractivity contribution in [3.8, 4) is 0 Å². The summed E-state index contributed by atoms with van der Waals surface area (Å²) in [6.45, 7) is 8.45. The summed E-state index contributed by atoms with van der Waals surface area (Å²) in [4.78, 5) is 26.1. The van der Waals surface area contributed by atoms with Crippen molar-refractivity contribution >= 4 is 11.8 Å². The summed E-state index contributed by atoms with van der Waals surface area (Å²) >= 11 is 0. The van der Waals surface area contributed by atoms with Gasteiger partial charge in [-0.15, -0.1) is 0 Å². The summed E-state index contributed by atoms with van der Waals surface area (Å²) in [6, 6.07) is 7.42. The Kier molecular flexibility index (Phi) is 7.25. The van der Waals surface area contributed by atoms with Gasteiger partial charge in [-0.05, 0) is 49.5 Å². The number of rotatable bonds is 8. The second-order valence-electron chi connectivity index (χ2n) is 6.88. The van der Waals surface area contributed by atoms with Crippen molar-refractivity contribution in [3.63, 3.8) is 0 Å². The molecule has 1 aliphatic heterocycles. The molecule has 2 rings (SSSR count). The fourth-order valence-electron chi connectivity index (χ4n) is 2.85. The molecule has 1 aliphatic rings. The molecule has 0 bridgehead atoms. The average Bonchev–Trinajstić information content (AvgIpc) is 3.06. The van der Waals surface area contributed by atoms with Crippen molar-refractivity contribution in [2.75, 3.05) is 26.2 Å². The van der Waals surface area contributed by atoms with E-state index in [1.54, 1.807) is 0 Å². The van der Waals surface area contributed by atoms with Crippen molar-refractivity contribution in [3.05, 3.63) is 35.4 Å². The molecule has 0 aliphatic carbocycles. The van der Waals surface area contributed by atoms with E-state index < -0.39 is 0 Å². The molecule has 0 aromatic heterocycles. The van der Waals surface area contributed by atoms with Gasteiger partial charge in [0.1, 0.15) is 0 Å². The standard InChI is InChI=1S/C19H29N3O2/c1-15(2)13-18(23)21-14-16-5-7-17(8-6-16)19(24)20-9-12-22-10-3-4-11-22/h5-8,15H,3-4,9-14H2,1-2H3,(H,20,24)(H,21,23). The normalized spacial score (nSPS) is 14.8. The SMILES string of the molecule is CC(C)CC(=O)NCc1ccc(C(=O)NCCN2CCCC2)cc1. The monoisotopic (exact) mass is 331 g/mol. The molecule has 132 valence electrons. The van der Waals surface area contributed by atoms with Gasteiger partial charge in [-0.25, -0.2) is 0 Å². The van der Waals surface area contributed by atoms with Gasteiger partial charge in [0, 0.05) is 31.6 Å². The summed E-state index contributed by atoms with van der Waals surface area (Å²) in [7, 11) is 0. The van der Waals surface area contributed by atoms with Crippen LogP contribution in [0.3, 0.4) is 0 Å². The smallest absolute Gasteiger partial charge is 0.251 e. The van der Waals surface area contributed by atoms with E-state index in [0.717, 1.165) is 25.2 Å². The van der Waals surface area contributed by atoms with Crippen LogP contribution in [0.5, 0.6) is 0 Å². The highest BCUT2D eigenvalue weighted by molar-refractivity contribution is 5.94. The van der Waals surface area contributed by atoms with E-state index in [1.807, 2.05) is 38.1 Å². The van der Waals surface area contributed by atoms with E-state index >= 15 is 0 Å². The number of hydrogen-bond donors (Lipinski definition) is 2. The van der Waals surface area contributed by atoms with Gasteiger partial charge in [-0.1, -0.05) is 26.0 Å². The summed E-state index contributed by atoms with van der Waals surface area (Å²) in [5.74, 6) is 0.384. The second-order valence-corrected chi connectivity index (χ2v) is 6.88. The molecule has 0 saturated carbocycles. The zero-order valence-electron chi connectivity index (χ0n) is 14.8. The molecule has 24 heavy (non-hydrogen) atoms. The number of carbonyl (C=O) groups is 2. The zero-order valence-corrected chi connectivity index (χ0v) is 14.8. The maximum Gasteiger partial charge on any atom is 0.251 e. The molecule has 1 fully saturated rings. The van der Waals surface area contributed by atoms with Crippen molar-refractivity contribution in [1.82, 2.24) is 15.5 Å². The number of nitrogens with one attached hydrogen (secondary N) is 2. The summed E-state index contributed by atoms with van der Waals surface area (Å²) in [6.07, 6.45) is 3.07. The van der Waals surface area contributed by atoms with Crippen LogP contribution in [0.2, 0.25) is 0 Å². The van der Waals surface area contributed by atoms with Crippen molar-refractivity contribution in [2.45, 2.75) is 39.7 Å². The lowest BCUT2D eigenvalue weighted by Gasteiger charge is -2.14. The predicted molar refractivity (Wildman–Crippen MR) is 95.8 cm³/mol. The highest BCUT2D eigenvalue weighted by Crippen LogP contribution is 2.07. The molecule has 1 saturated heterocycles. The van der Waals surface area contributed by atoms with Crippen LogP contribution < -0.4 is 10.6 Å². The Bertz CT molecular complexity index is 534. The van der Waals surface area contributed by atoms with Gasteiger partial charge in [-0.3, -0.25) is 9.59 Å². The van der Waals surface area contributed by atoms with Crippen LogP contribution in [0.1, 0.15) is 49.0 Å². The number of carbonyl (C=O) groups excluding carboxylic acids is 2. The Hall–Kier alpha value is -1.88. The van der Waals surface area contributed by atoms with E-state index in [1.165, 1.54) is 12.8 Å². The third kappa shape index (κ3) is 6.32. The van der Waals surface area contributed by atoms with Crippen LogP contribution in [0.25, 0.3) is 0 Å². The van der Waals surface area contributed by atoms with E-state index in [2.05, 4.69) is 15.5 Å². The molecule has 1 aromatic rings. The van der Waals surface area contributed by atoms with Crippen LogP contribution in [0, 0.1) is 5.92 Å². The molecule has 2 N–H and O–H groups in total. The summed E-state index contributed by atoms with van der Waals surface area (Å²) in [5.41, 5.74) is 1.66. The van der Waals surface area contributed by atoms with E-state index in [4.69, 9.17) is 0 Å². The highest BCUT2D eigenvalue weighted by Gasteiger charge is 2.11. The number of likely N-dealkylation sites (tertiary alicyclic amines) is 1. The fraction of sp³-hybridized carbons (Fsp3) is 0.579. The minimum Gasteiger partial charge on any atom is -0.352 e. The van der Waals surface area contributed by atoms with Crippen molar-refractivity contribution < 1.29 is 9.59 Å². The Morgan fingerprint density at radius 2 is 1.75 bits per heavy atom. The van der Waals surface area contributed by atoms with E-state index in [0.29, 0.717) is 31.0 Å². The Morgan fingerprint density at radius 1 is 1.08 bits per heavy atom. The first-order valence-corrected chi connectivity index (χ1v) is 8.91. The second kappa shape index (κ2) is 9.42. The number of hydrogen-bond acceptors (Lipinski definition) is 3. The first-order chi connectivity index (χ1) is 11.5. The topological polar surface area (TPSA) is 61.4 Å². The lowest BCUT2D eigenvalue weighted by Crippen LogP contribution is -2.33. The molecule has 0 radical (unpaired) electrons. The Morgan fingerprint density at radius 3 is 2.38 bits per heavy atom. The molecule has 1 aromatic carbocycles. The maximum atomic E-state index is 12.1. The minimum absolute atomic E-state index is 0.0374. The third-order valence-electron chi connectivity index (χ3n) is 4.21. The molecule has 5 heteroatoms. The summed E-state index contributed by atoms with van der Waals surface area (Å²) < 4.78 is 0.